The number of aromatic amines is 1. The predicted molar refractivity (Wildman–Crippen MR) is 49.9 cm³/mol. The van der Waals surface area contributed by atoms with E-state index in [1.54, 1.807) is 0 Å². The summed E-state index contributed by atoms with van der Waals surface area (Å²) in [6.45, 7) is 6.97. The van der Waals surface area contributed by atoms with Crippen molar-refractivity contribution in [3.8, 4) is 0 Å². The van der Waals surface area contributed by atoms with Gasteiger partial charge in [0.15, 0.2) is 0 Å². The molecule has 3 N–H and O–H groups in total. The average molecular weight is 167 g/mol. The fraction of sp³-hybridized carbons (Fsp3) is 0.667. The standard InChI is InChI=1S/C9H17N3/c1-4-8-7(5-10)9(6(2)3)12-11-8/h6H,4-5,10H2,1-3H3,(H,11,12). The van der Waals surface area contributed by atoms with E-state index in [4.69, 9.17) is 5.73 Å². The Balaban J connectivity index is 3.05. The molecule has 0 aromatic carbocycles. The summed E-state index contributed by atoms with van der Waals surface area (Å²) in [5.74, 6) is 0.458. The molecule has 1 rings (SSSR count). The van der Waals surface area contributed by atoms with E-state index in [-0.39, 0.29) is 0 Å². The summed E-state index contributed by atoms with van der Waals surface area (Å²) < 4.78 is 0. The molecule has 1 aromatic rings. The van der Waals surface area contributed by atoms with Crippen molar-refractivity contribution in [3.63, 3.8) is 0 Å². The minimum Gasteiger partial charge on any atom is -0.326 e. The van der Waals surface area contributed by atoms with Crippen LogP contribution in [0.4, 0.5) is 0 Å². The van der Waals surface area contributed by atoms with Gasteiger partial charge >= 0.3 is 0 Å². The van der Waals surface area contributed by atoms with E-state index in [2.05, 4.69) is 31.0 Å². The van der Waals surface area contributed by atoms with Gasteiger partial charge in [-0.15, -0.1) is 0 Å². The lowest BCUT2D eigenvalue weighted by Crippen LogP contribution is -2.03. The highest BCUT2D eigenvalue weighted by Crippen LogP contribution is 2.19. The van der Waals surface area contributed by atoms with E-state index < -0.39 is 0 Å². The van der Waals surface area contributed by atoms with Crippen LogP contribution in [0.25, 0.3) is 0 Å². The van der Waals surface area contributed by atoms with Crippen LogP contribution >= 0.6 is 0 Å². The first-order chi connectivity index (χ1) is 5.70. The molecule has 3 heteroatoms. The van der Waals surface area contributed by atoms with Gasteiger partial charge in [-0.05, 0) is 12.3 Å². The Hall–Kier alpha value is -0.830. The maximum absolute atomic E-state index is 5.65. The first kappa shape index (κ1) is 9.26. The third kappa shape index (κ3) is 1.50. The molecule has 68 valence electrons. The summed E-state index contributed by atoms with van der Waals surface area (Å²) in [5, 5.41) is 7.28. The quantitative estimate of drug-likeness (QED) is 0.717. The molecule has 0 bridgehead atoms. The second-order valence-electron chi connectivity index (χ2n) is 3.28. The van der Waals surface area contributed by atoms with Gasteiger partial charge in [0, 0.05) is 17.8 Å². The van der Waals surface area contributed by atoms with E-state index in [1.807, 2.05) is 0 Å². The lowest BCUT2D eigenvalue weighted by molar-refractivity contribution is 0.794. The monoisotopic (exact) mass is 167 g/mol. The molecule has 12 heavy (non-hydrogen) atoms. The van der Waals surface area contributed by atoms with Gasteiger partial charge in [0.05, 0.1) is 5.69 Å². The number of nitrogens with two attached hydrogens (primary N) is 1. The minimum atomic E-state index is 0.458. The van der Waals surface area contributed by atoms with Crippen LogP contribution in [0, 0.1) is 0 Å². The zero-order chi connectivity index (χ0) is 9.14. The van der Waals surface area contributed by atoms with Crippen LogP contribution in [-0.2, 0) is 13.0 Å². The van der Waals surface area contributed by atoms with Crippen molar-refractivity contribution in [2.45, 2.75) is 39.7 Å². The van der Waals surface area contributed by atoms with E-state index >= 15 is 0 Å². The van der Waals surface area contributed by atoms with Gasteiger partial charge in [-0.25, -0.2) is 0 Å². The molecule has 0 aliphatic rings. The Morgan fingerprint density at radius 1 is 1.50 bits per heavy atom. The summed E-state index contributed by atoms with van der Waals surface area (Å²) in [5.41, 5.74) is 9.15. The first-order valence-corrected chi connectivity index (χ1v) is 4.46. The Morgan fingerprint density at radius 2 is 2.17 bits per heavy atom. The number of rotatable bonds is 3. The topological polar surface area (TPSA) is 54.7 Å². The number of aromatic nitrogens is 2. The molecule has 1 aromatic heterocycles. The zero-order valence-corrected chi connectivity index (χ0v) is 8.02. The molecule has 0 saturated heterocycles. The third-order valence-corrected chi connectivity index (χ3v) is 2.09. The second kappa shape index (κ2) is 3.72. The molecule has 0 unspecified atom stereocenters. The largest absolute Gasteiger partial charge is 0.326 e. The van der Waals surface area contributed by atoms with Crippen LogP contribution in [0.2, 0.25) is 0 Å². The molecule has 3 nitrogen and oxygen atoms in total. The van der Waals surface area contributed by atoms with Gasteiger partial charge < -0.3 is 5.73 Å². The van der Waals surface area contributed by atoms with Crippen LogP contribution in [0.3, 0.4) is 0 Å². The average Bonchev–Trinajstić information content (AvgIpc) is 2.46. The van der Waals surface area contributed by atoms with Crippen molar-refractivity contribution < 1.29 is 0 Å². The molecular weight excluding hydrogens is 150 g/mol. The molecule has 0 aliphatic heterocycles. The van der Waals surface area contributed by atoms with Crippen molar-refractivity contribution in [1.29, 1.82) is 0 Å². The van der Waals surface area contributed by atoms with Crippen LogP contribution in [0.1, 0.15) is 43.6 Å². The lowest BCUT2D eigenvalue weighted by Gasteiger charge is -2.03. The Bertz CT molecular complexity index is 250. The van der Waals surface area contributed by atoms with Crippen LogP contribution < -0.4 is 5.73 Å². The molecule has 0 atom stereocenters. The van der Waals surface area contributed by atoms with E-state index in [1.165, 1.54) is 11.3 Å². The van der Waals surface area contributed by atoms with Gasteiger partial charge in [-0.1, -0.05) is 20.8 Å². The van der Waals surface area contributed by atoms with Gasteiger partial charge in [-0.2, -0.15) is 5.10 Å². The highest BCUT2D eigenvalue weighted by molar-refractivity contribution is 5.27. The summed E-state index contributed by atoms with van der Waals surface area (Å²) in [6, 6.07) is 0. The fourth-order valence-corrected chi connectivity index (χ4v) is 1.42. The maximum Gasteiger partial charge on any atom is 0.0695 e. The number of H-pyrrole nitrogens is 1. The molecular formula is C9H17N3. The molecule has 0 fully saturated rings. The van der Waals surface area contributed by atoms with E-state index in [9.17, 15) is 0 Å². The Morgan fingerprint density at radius 3 is 2.58 bits per heavy atom. The maximum atomic E-state index is 5.65. The predicted octanol–water partition coefficient (Wildman–Crippen LogP) is 1.55. The van der Waals surface area contributed by atoms with Crippen LogP contribution in [0.15, 0.2) is 0 Å². The van der Waals surface area contributed by atoms with E-state index in [0.717, 1.165) is 12.1 Å². The molecule has 0 saturated carbocycles. The first-order valence-electron chi connectivity index (χ1n) is 4.46. The SMILES string of the molecule is CCc1[nH]nc(C(C)C)c1CN. The van der Waals surface area contributed by atoms with Crippen molar-refractivity contribution in [1.82, 2.24) is 10.2 Å². The highest BCUT2D eigenvalue weighted by atomic mass is 15.1. The highest BCUT2D eigenvalue weighted by Gasteiger charge is 2.12. The molecule has 1 heterocycles. The lowest BCUT2D eigenvalue weighted by atomic mass is 10.0. The summed E-state index contributed by atoms with van der Waals surface area (Å²) in [6.07, 6.45) is 0.978. The smallest absolute Gasteiger partial charge is 0.0695 e. The van der Waals surface area contributed by atoms with E-state index in [0.29, 0.717) is 12.5 Å². The fourth-order valence-electron chi connectivity index (χ4n) is 1.42. The van der Waals surface area contributed by atoms with Crippen LogP contribution in [-0.4, -0.2) is 10.2 Å². The number of hydrogen-bond donors (Lipinski definition) is 2. The van der Waals surface area contributed by atoms with Gasteiger partial charge in [0.25, 0.3) is 0 Å². The normalized spacial score (nSPS) is 11.1. The Kier molecular flexibility index (Phi) is 2.87. The van der Waals surface area contributed by atoms with Crippen molar-refractivity contribution in [3.05, 3.63) is 17.0 Å². The van der Waals surface area contributed by atoms with Crippen molar-refractivity contribution in [2.75, 3.05) is 0 Å². The zero-order valence-electron chi connectivity index (χ0n) is 8.02. The summed E-state index contributed by atoms with van der Waals surface area (Å²) in [4.78, 5) is 0. The van der Waals surface area contributed by atoms with Gasteiger partial charge in [0.1, 0.15) is 0 Å². The molecule has 0 radical (unpaired) electrons. The van der Waals surface area contributed by atoms with Crippen LogP contribution in [0.5, 0.6) is 0 Å². The summed E-state index contributed by atoms with van der Waals surface area (Å²) >= 11 is 0. The van der Waals surface area contributed by atoms with Gasteiger partial charge in [-0.3, -0.25) is 5.10 Å². The molecule has 0 amide bonds. The Labute approximate surface area is 73.4 Å². The number of nitrogens with one attached hydrogen (secondary N) is 1. The second-order valence-corrected chi connectivity index (χ2v) is 3.28. The van der Waals surface area contributed by atoms with Gasteiger partial charge in [0.2, 0.25) is 0 Å². The number of hydrogen-bond acceptors (Lipinski definition) is 2. The summed E-state index contributed by atoms with van der Waals surface area (Å²) in [7, 11) is 0. The minimum absolute atomic E-state index is 0.458. The molecule has 0 spiro atoms. The number of nitrogens with zero attached hydrogens (tertiary/aromatic N) is 1. The van der Waals surface area contributed by atoms with Crippen molar-refractivity contribution >= 4 is 0 Å². The van der Waals surface area contributed by atoms with Crippen molar-refractivity contribution in [2.24, 2.45) is 5.73 Å². The molecule has 0 aliphatic carbocycles. The third-order valence-electron chi connectivity index (χ3n) is 2.09. The number of aryl methyl sites for hydroxylation is 1.